The lowest BCUT2D eigenvalue weighted by Crippen LogP contribution is -2.38. The number of aromatic nitrogens is 1. The molecule has 1 aromatic heterocycles. The van der Waals surface area contributed by atoms with Crippen LogP contribution in [0.2, 0.25) is 0 Å². The summed E-state index contributed by atoms with van der Waals surface area (Å²) in [5, 5.41) is 18.8. The quantitative estimate of drug-likeness (QED) is 0.140. The smallest absolute Gasteiger partial charge is 0.360 e. The van der Waals surface area contributed by atoms with Crippen molar-refractivity contribution in [1.29, 1.82) is 0 Å². The first kappa shape index (κ1) is 23.1. The number of aliphatic carboxylic acids is 1. The minimum Gasteiger partial charge on any atom is -0.476 e. The summed E-state index contributed by atoms with van der Waals surface area (Å²) in [6.45, 7) is -1.10. The van der Waals surface area contributed by atoms with Crippen molar-refractivity contribution >= 4 is 28.1 Å². The van der Waals surface area contributed by atoms with Gasteiger partial charge in [0.05, 0.1) is 0 Å². The molecule has 4 rings (SSSR count). The number of oxime groups is 1. The summed E-state index contributed by atoms with van der Waals surface area (Å²) in [6.07, 6.45) is 0. The molecule has 0 aliphatic rings. The molecule has 34 heavy (non-hydrogen) atoms. The Morgan fingerprint density at radius 1 is 0.941 bits per heavy atom. The number of hydrogen-bond acceptors (Lipinski definition) is 6. The number of anilines is 1. The van der Waals surface area contributed by atoms with Gasteiger partial charge in [-0.1, -0.05) is 96.2 Å². The van der Waals surface area contributed by atoms with Crippen LogP contribution in [0.25, 0.3) is 0 Å². The van der Waals surface area contributed by atoms with Crippen molar-refractivity contribution in [3.05, 3.63) is 119 Å². The lowest BCUT2D eigenvalue weighted by Gasteiger charge is -2.36. The molecule has 0 saturated carbocycles. The van der Waals surface area contributed by atoms with Gasteiger partial charge in [0.15, 0.2) is 5.13 Å². The minimum absolute atomic E-state index is 0.127. The summed E-state index contributed by atoms with van der Waals surface area (Å²) in [4.78, 5) is 20.9. The molecular weight excluding hydrogens is 453 g/mol. The zero-order valence-electron chi connectivity index (χ0n) is 18.1. The molecule has 0 saturated heterocycles. The topological polar surface area (TPSA) is 83.8 Å². The van der Waals surface area contributed by atoms with Gasteiger partial charge in [0, 0.05) is 5.38 Å². The highest BCUT2D eigenvalue weighted by Crippen LogP contribution is 2.40. The summed E-state index contributed by atoms with van der Waals surface area (Å²) < 4.78 is 12.4. The van der Waals surface area contributed by atoms with Gasteiger partial charge in [-0.2, -0.15) is 0 Å². The maximum absolute atomic E-state index is 12.4. The van der Waals surface area contributed by atoms with Crippen molar-refractivity contribution in [1.82, 2.24) is 4.98 Å². The van der Waals surface area contributed by atoms with Crippen molar-refractivity contribution in [2.24, 2.45) is 5.16 Å². The monoisotopic (exact) mass is 475 g/mol. The highest BCUT2D eigenvalue weighted by molar-refractivity contribution is 7.14. The van der Waals surface area contributed by atoms with Crippen LogP contribution in [-0.2, 0) is 15.2 Å². The van der Waals surface area contributed by atoms with Crippen LogP contribution in [-0.4, -0.2) is 35.1 Å². The lowest BCUT2D eigenvalue weighted by atomic mass is 9.77. The number of carbonyl (C=O) groups is 1. The predicted molar refractivity (Wildman–Crippen MR) is 131 cm³/mol. The number of nitrogens with zero attached hydrogens (tertiary/aromatic N) is 2. The predicted octanol–water partition coefficient (Wildman–Crippen LogP) is 5.32. The molecule has 2 N–H and O–H groups in total. The number of thiazole rings is 1. The molecule has 0 aliphatic carbocycles. The fourth-order valence-electron chi connectivity index (χ4n) is 3.72. The fraction of sp³-hybridized carbons (Fsp3) is 0.115. The third-order valence-electron chi connectivity index (χ3n) is 5.19. The SMILES string of the molecule is O=C(O)/C(=N\OCCF)c1csc(NC(c2ccccc2)(c2ccccc2)c2ccccc2)n1. The van der Waals surface area contributed by atoms with Gasteiger partial charge in [-0.3, -0.25) is 0 Å². The molecule has 0 bridgehead atoms. The van der Waals surface area contributed by atoms with Gasteiger partial charge in [0.25, 0.3) is 0 Å². The first-order valence-corrected chi connectivity index (χ1v) is 11.4. The molecule has 0 radical (unpaired) electrons. The van der Waals surface area contributed by atoms with Crippen LogP contribution in [0.1, 0.15) is 22.4 Å². The molecule has 0 atom stereocenters. The molecule has 172 valence electrons. The second kappa shape index (κ2) is 10.7. The second-order valence-electron chi connectivity index (χ2n) is 7.28. The Kier molecular flexibility index (Phi) is 7.29. The summed E-state index contributed by atoms with van der Waals surface area (Å²) in [6, 6.07) is 29.9. The van der Waals surface area contributed by atoms with Crippen LogP contribution < -0.4 is 5.32 Å². The van der Waals surface area contributed by atoms with E-state index in [0.29, 0.717) is 5.13 Å². The zero-order chi connectivity index (χ0) is 23.8. The average Bonchev–Trinajstić information content (AvgIpc) is 3.34. The largest absolute Gasteiger partial charge is 0.476 e. The van der Waals surface area contributed by atoms with E-state index in [1.54, 1.807) is 5.38 Å². The van der Waals surface area contributed by atoms with Crippen LogP contribution in [0.5, 0.6) is 0 Å². The Hall–Kier alpha value is -4.04. The van der Waals surface area contributed by atoms with Crippen LogP contribution in [0, 0.1) is 0 Å². The molecule has 0 unspecified atom stereocenters. The minimum atomic E-state index is -1.31. The highest BCUT2D eigenvalue weighted by Gasteiger charge is 2.37. The Bertz CT molecular complexity index is 1150. The van der Waals surface area contributed by atoms with Crippen LogP contribution in [0.3, 0.4) is 0 Å². The number of carboxylic acids is 1. The van der Waals surface area contributed by atoms with E-state index < -0.39 is 18.2 Å². The van der Waals surface area contributed by atoms with E-state index in [-0.39, 0.29) is 18.0 Å². The number of rotatable bonds is 10. The Balaban J connectivity index is 1.84. The van der Waals surface area contributed by atoms with E-state index in [9.17, 15) is 14.3 Å². The molecule has 3 aromatic carbocycles. The number of hydrogen-bond donors (Lipinski definition) is 2. The number of halogens is 1. The average molecular weight is 476 g/mol. The maximum Gasteiger partial charge on any atom is 0.360 e. The van der Waals surface area contributed by atoms with Gasteiger partial charge in [0.1, 0.15) is 24.5 Å². The van der Waals surface area contributed by atoms with E-state index in [4.69, 9.17) is 4.84 Å². The molecule has 8 heteroatoms. The van der Waals surface area contributed by atoms with Gasteiger partial charge >= 0.3 is 5.97 Å². The highest BCUT2D eigenvalue weighted by atomic mass is 32.1. The van der Waals surface area contributed by atoms with E-state index in [1.807, 2.05) is 91.0 Å². The zero-order valence-corrected chi connectivity index (χ0v) is 18.9. The Labute approximate surface area is 200 Å². The third-order valence-corrected chi connectivity index (χ3v) is 5.95. The van der Waals surface area contributed by atoms with Gasteiger partial charge in [-0.05, 0) is 16.7 Å². The van der Waals surface area contributed by atoms with E-state index in [0.717, 1.165) is 16.7 Å². The summed E-state index contributed by atoms with van der Waals surface area (Å²) >= 11 is 1.25. The lowest BCUT2D eigenvalue weighted by molar-refractivity contribution is -0.129. The fourth-order valence-corrected chi connectivity index (χ4v) is 4.47. The van der Waals surface area contributed by atoms with E-state index >= 15 is 0 Å². The molecule has 1 heterocycles. The molecule has 0 fully saturated rings. The number of benzene rings is 3. The Morgan fingerprint density at radius 2 is 1.44 bits per heavy atom. The molecular formula is C26H22FN3O3S. The van der Waals surface area contributed by atoms with Crippen LogP contribution in [0.4, 0.5) is 9.52 Å². The third kappa shape index (κ3) is 4.82. The molecule has 0 spiro atoms. The van der Waals surface area contributed by atoms with Crippen molar-refractivity contribution in [2.75, 3.05) is 18.6 Å². The number of alkyl halides is 1. The maximum atomic E-state index is 12.4. The number of nitrogens with one attached hydrogen (secondary N) is 1. The van der Waals surface area contributed by atoms with Crippen molar-refractivity contribution in [3.8, 4) is 0 Å². The standard InChI is InChI=1S/C26H22FN3O3S/c27-16-17-33-30-23(24(31)32)22-18-34-25(28-22)29-26(19-10-4-1-5-11-19,20-12-6-2-7-13-20)21-14-8-3-9-15-21/h1-15,18H,16-17H2,(H,28,29)(H,31,32)/b30-23-. The normalized spacial score (nSPS) is 11.7. The van der Waals surface area contributed by atoms with Gasteiger partial charge in [-0.25, -0.2) is 14.2 Å². The van der Waals surface area contributed by atoms with Gasteiger partial charge < -0.3 is 15.3 Å². The van der Waals surface area contributed by atoms with Crippen molar-refractivity contribution < 1.29 is 19.1 Å². The molecule has 4 aromatic rings. The van der Waals surface area contributed by atoms with Gasteiger partial charge in [0.2, 0.25) is 5.71 Å². The molecule has 6 nitrogen and oxygen atoms in total. The molecule has 0 aliphatic heterocycles. The van der Waals surface area contributed by atoms with E-state index in [2.05, 4.69) is 15.5 Å². The van der Waals surface area contributed by atoms with Crippen molar-refractivity contribution in [3.63, 3.8) is 0 Å². The number of carboxylic acid groups (broad SMARTS) is 1. The van der Waals surface area contributed by atoms with Crippen LogP contribution in [0.15, 0.2) is 102 Å². The first-order chi connectivity index (χ1) is 16.6. The second-order valence-corrected chi connectivity index (χ2v) is 8.14. The van der Waals surface area contributed by atoms with Gasteiger partial charge in [-0.15, -0.1) is 11.3 Å². The first-order valence-electron chi connectivity index (χ1n) is 10.5. The summed E-state index contributed by atoms with van der Waals surface area (Å²) in [7, 11) is 0. The summed E-state index contributed by atoms with van der Waals surface area (Å²) in [5.41, 5.74) is 1.90. The summed E-state index contributed by atoms with van der Waals surface area (Å²) in [5.74, 6) is -1.31. The van der Waals surface area contributed by atoms with Crippen molar-refractivity contribution in [2.45, 2.75) is 5.54 Å². The Morgan fingerprint density at radius 3 is 1.88 bits per heavy atom. The van der Waals surface area contributed by atoms with E-state index in [1.165, 1.54) is 11.3 Å². The van der Waals surface area contributed by atoms with Crippen LogP contribution >= 0.6 is 11.3 Å². The molecule has 0 amide bonds.